The zero-order valence-corrected chi connectivity index (χ0v) is 28.0. The average Bonchev–Trinajstić information content (AvgIpc) is 3.40. The number of nitrogens with zero attached hydrogens (tertiary/aromatic N) is 1. The van der Waals surface area contributed by atoms with E-state index in [1.54, 1.807) is 19.1 Å². The summed E-state index contributed by atoms with van der Waals surface area (Å²) in [6.45, 7) is 22.7. The van der Waals surface area contributed by atoms with Crippen LogP contribution in [-0.4, -0.2) is 31.0 Å². The molecule has 0 amide bonds. The van der Waals surface area contributed by atoms with Gasteiger partial charge in [0.15, 0.2) is 8.32 Å². The van der Waals surface area contributed by atoms with Gasteiger partial charge in [0.2, 0.25) is 0 Å². The molecular weight excluding hydrogens is 526 g/mol. The summed E-state index contributed by atoms with van der Waals surface area (Å²) in [5, 5.41) is 12.2. The fraction of sp³-hybridized carbons (Fsp3) is 0.600. The maximum absolute atomic E-state index is 12.3. The molecule has 1 unspecified atom stereocenters. The number of carbonyl (C=O) groups excluding carboxylic acids is 1. The van der Waals surface area contributed by atoms with Gasteiger partial charge >= 0.3 is 5.97 Å². The molecule has 2 atom stereocenters. The van der Waals surface area contributed by atoms with Crippen LogP contribution >= 0.6 is 0 Å². The van der Waals surface area contributed by atoms with E-state index in [4.69, 9.17) is 14.1 Å². The van der Waals surface area contributed by atoms with E-state index in [1.807, 2.05) is 12.1 Å². The molecule has 0 bridgehead atoms. The lowest BCUT2D eigenvalue weighted by Gasteiger charge is -2.45. The molecule has 1 aromatic carbocycles. The molecule has 2 aliphatic rings. The number of pyridine rings is 1. The molecule has 1 N–H and O–H groups in total. The van der Waals surface area contributed by atoms with Crippen molar-refractivity contribution in [2.75, 3.05) is 6.61 Å². The van der Waals surface area contributed by atoms with Crippen molar-refractivity contribution in [1.82, 2.24) is 4.98 Å². The second-order valence-electron chi connectivity index (χ2n) is 14.6. The highest BCUT2D eigenvalue weighted by Crippen LogP contribution is 2.52. The van der Waals surface area contributed by atoms with Crippen molar-refractivity contribution in [2.45, 2.75) is 124 Å². The fourth-order valence-electron chi connectivity index (χ4n) is 6.07. The number of aromatic nitrogens is 1. The topological polar surface area (TPSA) is 68.7 Å². The predicted molar refractivity (Wildman–Crippen MR) is 170 cm³/mol. The minimum Gasteiger partial charge on any atom is -0.462 e. The summed E-state index contributed by atoms with van der Waals surface area (Å²) in [7, 11) is -2.11. The maximum Gasteiger partial charge on any atom is 0.338 e. The number of hydrogen-bond acceptors (Lipinski definition) is 5. The summed E-state index contributed by atoms with van der Waals surface area (Å²) >= 11 is 0. The van der Waals surface area contributed by atoms with Crippen molar-refractivity contribution in [3.05, 3.63) is 69.5 Å². The molecule has 0 fully saturated rings. The van der Waals surface area contributed by atoms with Crippen LogP contribution in [0.25, 0.3) is 5.57 Å². The molecule has 0 aliphatic heterocycles. The Bertz CT molecular complexity index is 1300. The van der Waals surface area contributed by atoms with Gasteiger partial charge in [0, 0.05) is 22.5 Å². The highest BCUT2D eigenvalue weighted by Gasteiger charge is 2.45. The molecule has 2 aromatic rings. The van der Waals surface area contributed by atoms with E-state index in [-0.39, 0.29) is 28.4 Å². The molecule has 0 radical (unpaired) electrons. The third-order valence-corrected chi connectivity index (χ3v) is 13.7. The second-order valence-corrected chi connectivity index (χ2v) is 19.3. The predicted octanol–water partition coefficient (Wildman–Crippen LogP) is 9.07. The molecule has 4 rings (SSSR count). The van der Waals surface area contributed by atoms with E-state index in [1.165, 1.54) is 11.1 Å². The molecule has 6 heteroatoms. The standard InChI is InChI=1S/C35H51NO4Si/c1-11-39-33(38)25-18-16-24(17-19-25)32(37)30-28(23-14-12-13-15-23)29-26(36-31(30)22(2)3)20-35(7,8)21-27(29)40-41(9,10)34(4,5)6/h14,16-19,22,27,32,37H,11-13,15,20-21H2,1-10H3/t27-,32?/m0/s1. The Hall–Kier alpha value is -2.28. The lowest BCUT2D eigenvalue weighted by Crippen LogP contribution is -2.44. The Labute approximate surface area is 248 Å². The summed E-state index contributed by atoms with van der Waals surface area (Å²) in [5.41, 5.74) is 7.96. The molecule has 0 saturated heterocycles. The zero-order chi connectivity index (χ0) is 30.3. The number of benzene rings is 1. The van der Waals surface area contributed by atoms with Gasteiger partial charge in [-0.2, -0.15) is 0 Å². The van der Waals surface area contributed by atoms with Gasteiger partial charge in [-0.1, -0.05) is 66.7 Å². The SMILES string of the molecule is CCOC(=O)c1ccc(C(O)c2c(C(C)C)nc3c(c2C2=CCCC2)[C@@H](O[Si](C)(C)C(C)(C)C)CC(C)(C)C3)cc1. The Kier molecular flexibility index (Phi) is 9.09. The zero-order valence-electron chi connectivity index (χ0n) is 27.0. The Morgan fingerprint density at radius 2 is 1.83 bits per heavy atom. The van der Waals surface area contributed by atoms with Crippen molar-refractivity contribution < 1.29 is 19.1 Å². The van der Waals surface area contributed by atoms with Gasteiger partial charge < -0.3 is 14.3 Å². The highest BCUT2D eigenvalue weighted by atomic mass is 28.4. The Morgan fingerprint density at radius 3 is 2.37 bits per heavy atom. The molecule has 0 spiro atoms. The van der Waals surface area contributed by atoms with Crippen molar-refractivity contribution in [3.8, 4) is 0 Å². The smallest absolute Gasteiger partial charge is 0.338 e. The first-order valence-corrected chi connectivity index (χ1v) is 18.4. The van der Waals surface area contributed by atoms with Crippen LogP contribution in [0.3, 0.4) is 0 Å². The van der Waals surface area contributed by atoms with Crippen LogP contribution in [0.15, 0.2) is 30.3 Å². The number of esters is 1. The van der Waals surface area contributed by atoms with Gasteiger partial charge in [0.1, 0.15) is 6.10 Å². The Balaban J connectivity index is 1.95. The van der Waals surface area contributed by atoms with Crippen molar-refractivity contribution in [2.24, 2.45) is 5.41 Å². The summed E-state index contributed by atoms with van der Waals surface area (Å²) in [5.74, 6) is -0.216. The number of allylic oxidation sites excluding steroid dienone is 2. The molecule has 0 saturated carbocycles. The lowest BCUT2D eigenvalue weighted by atomic mass is 9.71. The first-order chi connectivity index (χ1) is 19.1. The molecule has 5 nitrogen and oxygen atoms in total. The van der Waals surface area contributed by atoms with Crippen LogP contribution in [0.5, 0.6) is 0 Å². The van der Waals surface area contributed by atoms with Gasteiger partial charge in [-0.3, -0.25) is 4.98 Å². The average molecular weight is 578 g/mol. The highest BCUT2D eigenvalue weighted by molar-refractivity contribution is 6.74. The van der Waals surface area contributed by atoms with Crippen molar-refractivity contribution in [1.29, 1.82) is 0 Å². The number of hydrogen-bond donors (Lipinski definition) is 1. The third kappa shape index (κ3) is 6.55. The summed E-state index contributed by atoms with van der Waals surface area (Å²) in [6.07, 6.45) is 6.40. The largest absolute Gasteiger partial charge is 0.462 e. The van der Waals surface area contributed by atoms with E-state index in [2.05, 4.69) is 67.6 Å². The van der Waals surface area contributed by atoms with Gasteiger partial charge in [-0.05, 0) is 97.3 Å². The maximum atomic E-state index is 12.3. The van der Waals surface area contributed by atoms with Crippen molar-refractivity contribution in [3.63, 3.8) is 0 Å². The minimum absolute atomic E-state index is 0.0612. The Morgan fingerprint density at radius 1 is 1.17 bits per heavy atom. The van der Waals surface area contributed by atoms with E-state index in [0.29, 0.717) is 12.2 Å². The van der Waals surface area contributed by atoms with Gasteiger partial charge in [0.05, 0.1) is 18.3 Å². The fourth-order valence-corrected chi connectivity index (χ4v) is 7.34. The minimum atomic E-state index is -2.11. The van der Waals surface area contributed by atoms with Gasteiger partial charge in [-0.25, -0.2) is 4.79 Å². The van der Waals surface area contributed by atoms with Crippen molar-refractivity contribution >= 4 is 19.9 Å². The molecule has 224 valence electrons. The van der Waals surface area contributed by atoms with E-state index < -0.39 is 14.4 Å². The lowest BCUT2D eigenvalue weighted by molar-refractivity contribution is 0.0526. The number of ether oxygens (including phenoxy) is 1. The van der Waals surface area contributed by atoms with Crippen LogP contribution in [0, 0.1) is 5.41 Å². The van der Waals surface area contributed by atoms with Crippen LogP contribution < -0.4 is 0 Å². The van der Waals surface area contributed by atoms with E-state index >= 15 is 0 Å². The molecule has 1 aromatic heterocycles. The number of fused-ring (bicyclic) bond motifs is 1. The summed E-state index contributed by atoms with van der Waals surface area (Å²) < 4.78 is 12.4. The molecule has 1 heterocycles. The summed E-state index contributed by atoms with van der Waals surface area (Å²) in [4.78, 5) is 17.7. The second kappa shape index (κ2) is 11.8. The monoisotopic (exact) mass is 577 g/mol. The van der Waals surface area contributed by atoms with Gasteiger partial charge in [0.25, 0.3) is 0 Å². The summed E-state index contributed by atoms with van der Waals surface area (Å²) in [6, 6.07) is 7.19. The van der Waals surface area contributed by atoms with E-state index in [9.17, 15) is 9.90 Å². The number of aliphatic hydroxyl groups excluding tert-OH is 1. The number of aliphatic hydroxyl groups is 1. The molecule has 2 aliphatic carbocycles. The van der Waals surface area contributed by atoms with Crippen LogP contribution in [0.4, 0.5) is 0 Å². The molecular formula is C35H51NO4Si. The first kappa shape index (κ1) is 31.6. The van der Waals surface area contributed by atoms with E-state index in [0.717, 1.165) is 60.2 Å². The third-order valence-electron chi connectivity index (χ3n) is 9.25. The van der Waals surface area contributed by atoms with Crippen LogP contribution in [0.2, 0.25) is 18.1 Å². The van der Waals surface area contributed by atoms with Crippen LogP contribution in [0.1, 0.15) is 143 Å². The number of rotatable bonds is 8. The van der Waals surface area contributed by atoms with Gasteiger partial charge in [-0.15, -0.1) is 0 Å². The quantitative estimate of drug-likeness (QED) is 0.250. The van der Waals surface area contributed by atoms with Crippen LogP contribution in [-0.2, 0) is 15.6 Å². The number of carbonyl (C=O) groups is 1. The normalized spacial score (nSPS) is 19.6. The first-order valence-electron chi connectivity index (χ1n) is 15.4. The molecule has 41 heavy (non-hydrogen) atoms.